The standard InChI is InChI=1S/C31H40N4O6S/c1-33(42(37,38)30-14-12-29(13-15-30)40-21-16-32)27(22-25-8-10-28(39-2)11-9-25)23-34-17-19-35(20-18-34)31(36)41-24-26-6-4-3-5-7-26/h3-15,27H,16-24,32H2,1-2H3/t27-/m1/s1. The van der Waals surface area contributed by atoms with Gasteiger partial charge in [-0.15, -0.1) is 0 Å². The maximum absolute atomic E-state index is 13.7. The van der Waals surface area contributed by atoms with Gasteiger partial charge in [-0.05, 0) is 53.9 Å². The molecule has 0 aromatic heterocycles. The van der Waals surface area contributed by atoms with Crippen LogP contribution in [-0.4, -0.2) is 94.7 Å². The molecule has 0 unspecified atom stereocenters. The lowest BCUT2D eigenvalue weighted by atomic mass is 10.0. The van der Waals surface area contributed by atoms with Gasteiger partial charge in [0.15, 0.2) is 0 Å². The second-order valence-electron chi connectivity index (χ2n) is 10.2. The number of ether oxygens (including phenoxy) is 3. The predicted molar refractivity (Wildman–Crippen MR) is 161 cm³/mol. The van der Waals surface area contributed by atoms with E-state index in [0.29, 0.717) is 58.0 Å². The Bertz CT molecular complexity index is 1360. The van der Waals surface area contributed by atoms with Crippen molar-refractivity contribution < 1.29 is 27.4 Å². The zero-order valence-electron chi connectivity index (χ0n) is 24.2. The normalized spacial score (nSPS) is 14.9. The first-order valence-electron chi connectivity index (χ1n) is 14.0. The third-order valence-electron chi connectivity index (χ3n) is 7.34. The third kappa shape index (κ3) is 8.45. The van der Waals surface area contributed by atoms with Crippen LogP contribution in [0.1, 0.15) is 11.1 Å². The van der Waals surface area contributed by atoms with E-state index in [1.54, 1.807) is 43.3 Å². The van der Waals surface area contributed by atoms with Crippen LogP contribution in [0.25, 0.3) is 0 Å². The van der Waals surface area contributed by atoms with Crippen LogP contribution in [-0.2, 0) is 27.8 Å². The lowest BCUT2D eigenvalue weighted by Crippen LogP contribution is -2.53. The van der Waals surface area contributed by atoms with Crippen LogP contribution < -0.4 is 15.2 Å². The summed E-state index contributed by atoms with van der Waals surface area (Å²) in [6.07, 6.45) is 0.170. The molecule has 226 valence electrons. The molecule has 4 rings (SSSR count). The van der Waals surface area contributed by atoms with E-state index in [-0.39, 0.29) is 23.6 Å². The summed E-state index contributed by atoms with van der Waals surface area (Å²) in [4.78, 5) is 16.7. The zero-order valence-corrected chi connectivity index (χ0v) is 25.0. The van der Waals surface area contributed by atoms with E-state index in [4.69, 9.17) is 19.9 Å². The number of methoxy groups -OCH3 is 1. The van der Waals surface area contributed by atoms with E-state index in [2.05, 4.69) is 4.90 Å². The summed E-state index contributed by atoms with van der Waals surface area (Å²) >= 11 is 0. The summed E-state index contributed by atoms with van der Waals surface area (Å²) in [5.74, 6) is 1.31. The largest absolute Gasteiger partial charge is 0.497 e. The summed E-state index contributed by atoms with van der Waals surface area (Å²) in [5, 5.41) is 0. The van der Waals surface area contributed by atoms with Crippen LogP contribution in [0.3, 0.4) is 0 Å². The van der Waals surface area contributed by atoms with Crippen molar-refractivity contribution in [1.82, 2.24) is 14.1 Å². The van der Waals surface area contributed by atoms with Crippen molar-refractivity contribution >= 4 is 16.1 Å². The number of nitrogens with zero attached hydrogens (tertiary/aromatic N) is 3. The Morgan fingerprint density at radius 1 is 0.905 bits per heavy atom. The number of rotatable bonds is 13. The highest BCUT2D eigenvalue weighted by atomic mass is 32.2. The summed E-state index contributed by atoms with van der Waals surface area (Å²) in [7, 11) is -0.563. The minimum Gasteiger partial charge on any atom is -0.497 e. The van der Waals surface area contributed by atoms with Crippen LogP contribution in [0.2, 0.25) is 0 Å². The number of sulfonamides is 1. The molecule has 0 spiro atoms. The smallest absolute Gasteiger partial charge is 0.410 e. The molecule has 3 aromatic rings. The number of likely N-dealkylation sites (N-methyl/N-ethyl adjacent to an activating group) is 1. The topological polar surface area (TPSA) is 115 Å². The molecule has 3 aromatic carbocycles. The lowest BCUT2D eigenvalue weighted by Gasteiger charge is -2.38. The van der Waals surface area contributed by atoms with Crippen LogP contribution in [0, 0.1) is 0 Å². The maximum Gasteiger partial charge on any atom is 0.410 e. The van der Waals surface area contributed by atoms with Crippen molar-refractivity contribution in [2.75, 3.05) is 60.0 Å². The van der Waals surface area contributed by atoms with Gasteiger partial charge >= 0.3 is 6.09 Å². The number of nitrogens with two attached hydrogens (primary N) is 1. The third-order valence-corrected chi connectivity index (χ3v) is 9.26. The molecule has 1 saturated heterocycles. The van der Waals surface area contributed by atoms with Gasteiger partial charge < -0.3 is 24.8 Å². The number of carbonyl (C=O) groups is 1. The summed E-state index contributed by atoms with van der Waals surface area (Å²) < 4.78 is 45.2. The van der Waals surface area contributed by atoms with Crippen molar-refractivity contribution in [3.05, 3.63) is 90.0 Å². The molecule has 0 bridgehead atoms. The highest BCUT2D eigenvalue weighted by Crippen LogP contribution is 2.23. The van der Waals surface area contributed by atoms with Crippen LogP contribution in [0.4, 0.5) is 4.79 Å². The number of carbonyl (C=O) groups excluding carboxylic acids is 1. The highest BCUT2D eigenvalue weighted by molar-refractivity contribution is 7.89. The molecule has 2 N–H and O–H groups in total. The van der Waals surface area contributed by atoms with Gasteiger partial charge in [0.2, 0.25) is 10.0 Å². The Kier molecular flexibility index (Phi) is 11.2. The predicted octanol–water partition coefficient (Wildman–Crippen LogP) is 3.22. The van der Waals surface area contributed by atoms with Crippen molar-refractivity contribution in [3.8, 4) is 11.5 Å². The molecule has 0 radical (unpaired) electrons. The van der Waals surface area contributed by atoms with Gasteiger partial charge in [-0.1, -0.05) is 42.5 Å². The lowest BCUT2D eigenvalue weighted by molar-refractivity contribution is 0.0673. The average molecular weight is 597 g/mol. The Hall–Kier alpha value is -3.64. The van der Waals surface area contributed by atoms with Gasteiger partial charge in [-0.2, -0.15) is 4.31 Å². The molecule has 0 saturated carbocycles. The molecule has 11 heteroatoms. The van der Waals surface area contributed by atoms with E-state index in [1.165, 1.54) is 4.31 Å². The number of amides is 1. The number of hydrogen-bond donors (Lipinski definition) is 1. The molecule has 0 aliphatic carbocycles. The minimum atomic E-state index is -3.80. The van der Waals surface area contributed by atoms with E-state index in [9.17, 15) is 13.2 Å². The molecule has 42 heavy (non-hydrogen) atoms. The molecule has 10 nitrogen and oxygen atoms in total. The molecule has 1 heterocycles. The molecule has 1 fully saturated rings. The van der Waals surface area contributed by atoms with Gasteiger partial charge in [-0.3, -0.25) is 4.90 Å². The summed E-state index contributed by atoms with van der Waals surface area (Å²) in [5.41, 5.74) is 7.43. The first-order chi connectivity index (χ1) is 20.3. The second kappa shape index (κ2) is 15.0. The van der Waals surface area contributed by atoms with E-state index >= 15 is 0 Å². The van der Waals surface area contributed by atoms with Crippen molar-refractivity contribution in [2.45, 2.75) is 24.0 Å². The van der Waals surface area contributed by atoms with Crippen LogP contribution in [0.15, 0.2) is 83.8 Å². The van der Waals surface area contributed by atoms with Gasteiger partial charge in [-0.25, -0.2) is 13.2 Å². The first kappa shape index (κ1) is 31.3. The SMILES string of the molecule is COc1ccc(C[C@H](CN2CCN(C(=O)OCc3ccccc3)CC2)N(C)S(=O)(=O)c2ccc(OCCN)cc2)cc1. The first-order valence-corrected chi connectivity index (χ1v) is 15.5. The monoisotopic (exact) mass is 596 g/mol. The Morgan fingerprint density at radius 2 is 1.55 bits per heavy atom. The quantitative estimate of drug-likeness (QED) is 0.320. The van der Waals surface area contributed by atoms with Crippen molar-refractivity contribution in [2.24, 2.45) is 5.73 Å². The fourth-order valence-electron chi connectivity index (χ4n) is 4.81. The van der Waals surface area contributed by atoms with Gasteiger partial charge in [0.05, 0.1) is 12.0 Å². The Balaban J connectivity index is 1.42. The number of hydrogen-bond acceptors (Lipinski definition) is 8. The molecule has 1 atom stereocenters. The Labute approximate surface area is 248 Å². The van der Waals surface area contributed by atoms with E-state index in [1.807, 2.05) is 54.6 Å². The van der Waals surface area contributed by atoms with Crippen molar-refractivity contribution in [1.29, 1.82) is 0 Å². The van der Waals surface area contributed by atoms with E-state index in [0.717, 1.165) is 16.9 Å². The van der Waals surface area contributed by atoms with Crippen molar-refractivity contribution in [3.63, 3.8) is 0 Å². The van der Waals surface area contributed by atoms with Gasteiger partial charge in [0.1, 0.15) is 24.7 Å². The highest BCUT2D eigenvalue weighted by Gasteiger charge is 2.31. The zero-order chi connectivity index (χ0) is 30.0. The summed E-state index contributed by atoms with van der Waals surface area (Å²) in [6.45, 7) is 3.69. The maximum atomic E-state index is 13.7. The van der Waals surface area contributed by atoms with Gasteiger partial charge in [0.25, 0.3) is 0 Å². The van der Waals surface area contributed by atoms with Crippen LogP contribution >= 0.6 is 0 Å². The minimum absolute atomic E-state index is 0.191. The molecular formula is C31H40N4O6S. The van der Waals surface area contributed by atoms with Crippen LogP contribution in [0.5, 0.6) is 11.5 Å². The summed E-state index contributed by atoms with van der Waals surface area (Å²) in [6, 6.07) is 23.3. The molecule has 1 aliphatic rings. The van der Waals surface area contributed by atoms with E-state index < -0.39 is 10.0 Å². The fourth-order valence-corrected chi connectivity index (χ4v) is 6.16. The fraction of sp³-hybridized carbons (Fsp3) is 0.387. The second-order valence-corrected chi connectivity index (χ2v) is 12.2. The molecular weight excluding hydrogens is 556 g/mol. The average Bonchev–Trinajstić information content (AvgIpc) is 3.03. The number of piperazine rings is 1. The Morgan fingerprint density at radius 3 is 2.17 bits per heavy atom. The van der Waals surface area contributed by atoms with Gasteiger partial charge in [0, 0.05) is 52.4 Å². The molecule has 1 amide bonds. The number of benzene rings is 3. The molecule has 1 aliphatic heterocycles.